The lowest BCUT2D eigenvalue weighted by atomic mass is 9.66. The number of aliphatic hydroxyl groups is 1. The third kappa shape index (κ3) is 4.20. The Bertz CT molecular complexity index is 912. The normalized spacial score (nSPS) is 25.7. The van der Waals surface area contributed by atoms with Crippen LogP contribution in [0.1, 0.15) is 67.9 Å². The molecule has 4 nitrogen and oxygen atoms in total. The molecule has 31 heavy (non-hydrogen) atoms. The number of benzene rings is 2. The molecule has 1 saturated heterocycles. The molecule has 0 spiro atoms. The van der Waals surface area contributed by atoms with Crippen LogP contribution in [0.2, 0.25) is 0 Å². The number of hydrogen-bond acceptors (Lipinski definition) is 3. The van der Waals surface area contributed by atoms with Gasteiger partial charge in [0.1, 0.15) is 5.82 Å². The molecule has 0 unspecified atom stereocenters. The molecule has 1 N–H and O–H groups in total. The van der Waals surface area contributed by atoms with Crippen LogP contribution in [0.3, 0.4) is 0 Å². The van der Waals surface area contributed by atoms with Gasteiger partial charge in [0.05, 0.1) is 11.6 Å². The van der Waals surface area contributed by atoms with Gasteiger partial charge in [0, 0.05) is 36.8 Å². The Balaban J connectivity index is 1.71. The number of piperidine rings is 1. The Hall–Kier alpha value is -2.40. The van der Waals surface area contributed by atoms with Crippen molar-refractivity contribution in [1.82, 2.24) is 4.90 Å². The fourth-order valence-corrected chi connectivity index (χ4v) is 5.58. The maximum atomic E-state index is 13.8. The molecule has 2 fully saturated rings. The molecule has 1 heterocycles. The van der Waals surface area contributed by atoms with Crippen molar-refractivity contribution < 1.29 is 14.3 Å². The summed E-state index contributed by atoms with van der Waals surface area (Å²) in [6, 6.07) is 14.1. The number of carbonyl (C=O) groups excluding carboxylic acids is 1. The first-order valence-corrected chi connectivity index (χ1v) is 11.6. The van der Waals surface area contributed by atoms with E-state index < -0.39 is 11.4 Å². The monoisotopic (exact) mass is 424 g/mol. The molecule has 3 atom stereocenters. The molecule has 1 aliphatic carbocycles. The zero-order valence-electron chi connectivity index (χ0n) is 18.6. The minimum Gasteiger partial charge on any atom is -0.389 e. The van der Waals surface area contributed by atoms with Crippen molar-refractivity contribution in [3.63, 3.8) is 0 Å². The molecule has 2 aromatic carbocycles. The summed E-state index contributed by atoms with van der Waals surface area (Å²) in [7, 11) is 0. The van der Waals surface area contributed by atoms with Crippen LogP contribution < -0.4 is 4.90 Å². The van der Waals surface area contributed by atoms with E-state index in [1.54, 1.807) is 12.1 Å². The standard InChI is InChI=1S/C26H33FN2O2/c1-3-28(4-2)22-13-11-19(12-14-22)24-23-10-5-6-15-26(23,31)16-17-29(24)25(30)20-8-7-9-21(27)18-20/h7-9,11-14,18,23-24,31H,3-6,10,15-17H2,1-2H3/t23-,24+,26-/m1/s1. The van der Waals surface area contributed by atoms with E-state index >= 15 is 0 Å². The first kappa shape index (κ1) is 21.8. The van der Waals surface area contributed by atoms with Crippen molar-refractivity contribution in [2.24, 2.45) is 5.92 Å². The van der Waals surface area contributed by atoms with Gasteiger partial charge in [-0.3, -0.25) is 4.79 Å². The highest BCUT2D eigenvalue weighted by atomic mass is 19.1. The van der Waals surface area contributed by atoms with Gasteiger partial charge in [0.2, 0.25) is 0 Å². The van der Waals surface area contributed by atoms with E-state index in [2.05, 4.69) is 43.0 Å². The Labute approximate surface area is 184 Å². The van der Waals surface area contributed by atoms with Crippen LogP contribution >= 0.6 is 0 Å². The van der Waals surface area contributed by atoms with Crippen LogP contribution in [0, 0.1) is 11.7 Å². The van der Waals surface area contributed by atoms with Gasteiger partial charge in [-0.05, 0) is 69.0 Å². The Morgan fingerprint density at radius 2 is 1.87 bits per heavy atom. The molecule has 166 valence electrons. The summed E-state index contributed by atoms with van der Waals surface area (Å²) in [5.41, 5.74) is 1.84. The average Bonchev–Trinajstić information content (AvgIpc) is 2.79. The second-order valence-corrected chi connectivity index (χ2v) is 8.92. The fraction of sp³-hybridized carbons (Fsp3) is 0.500. The summed E-state index contributed by atoms with van der Waals surface area (Å²) in [6.07, 6.45) is 4.34. The number of halogens is 1. The van der Waals surface area contributed by atoms with E-state index in [0.717, 1.165) is 50.0 Å². The lowest BCUT2D eigenvalue weighted by Gasteiger charge is -2.52. The van der Waals surface area contributed by atoms with Crippen LogP contribution in [0.15, 0.2) is 48.5 Å². The number of carbonyl (C=O) groups is 1. The fourth-order valence-electron chi connectivity index (χ4n) is 5.58. The van der Waals surface area contributed by atoms with E-state index in [9.17, 15) is 14.3 Å². The maximum absolute atomic E-state index is 13.8. The van der Waals surface area contributed by atoms with E-state index in [4.69, 9.17) is 0 Å². The van der Waals surface area contributed by atoms with Crippen molar-refractivity contribution in [3.05, 3.63) is 65.5 Å². The van der Waals surface area contributed by atoms with Crippen molar-refractivity contribution >= 4 is 11.6 Å². The predicted molar refractivity (Wildman–Crippen MR) is 122 cm³/mol. The number of amides is 1. The van der Waals surface area contributed by atoms with Crippen molar-refractivity contribution in [2.75, 3.05) is 24.5 Å². The molecule has 2 aromatic rings. The minimum absolute atomic E-state index is 0.00758. The molecule has 1 amide bonds. The summed E-state index contributed by atoms with van der Waals surface area (Å²) < 4.78 is 13.8. The molecule has 0 bridgehead atoms. The topological polar surface area (TPSA) is 43.8 Å². The molecule has 1 saturated carbocycles. The second kappa shape index (κ2) is 8.99. The zero-order chi connectivity index (χ0) is 22.0. The van der Waals surface area contributed by atoms with Gasteiger partial charge < -0.3 is 14.9 Å². The second-order valence-electron chi connectivity index (χ2n) is 8.92. The average molecular weight is 425 g/mol. The van der Waals surface area contributed by atoms with E-state index in [1.807, 2.05) is 4.90 Å². The van der Waals surface area contributed by atoms with Gasteiger partial charge >= 0.3 is 0 Å². The Kier molecular flexibility index (Phi) is 6.33. The van der Waals surface area contributed by atoms with Crippen molar-refractivity contribution in [1.29, 1.82) is 0 Å². The summed E-state index contributed by atoms with van der Waals surface area (Å²) in [4.78, 5) is 17.6. The highest BCUT2D eigenvalue weighted by molar-refractivity contribution is 5.94. The third-order valence-electron chi connectivity index (χ3n) is 7.26. The quantitative estimate of drug-likeness (QED) is 0.719. The van der Waals surface area contributed by atoms with Crippen LogP contribution in [-0.2, 0) is 0 Å². The van der Waals surface area contributed by atoms with E-state index in [-0.39, 0.29) is 17.9 Å². The maximum Gasteiger partial charge on any atom is 0.254 e. The Morgan fingerprint density at radius 3 is 2.55 bits per heavy atom. The van der Waals surface area contributed by atoms with Crippen molar-refractivity contribution in [3.8, 4) is 0 Å². The summed E-state index contributed by atoms with van der Waals surface area (Å²) in [5.74, 6) is -0.575. The van der Waals surface area contributed by atoms with Gasteiger partial charge in [0.25, 0.3) is 5.91 Å². The van der Waals surface area contributed by atoms with Gasteiger partial charge in [-0.1, -0.05) is 31.0 Å². The first-order valence-electron chi connectivity index (χ1n) is 11.6. The van der Waals surface area contributed by atoms with E-state index in [1.165, 1.54) is 12.1 Å². The number of likely N-dealkylation sites (tertiary alicyclic amines) is 1. The number of anilines is 1. The predicted octanol–water partition coefficient (Wildman–Crippen LogP) is 5.18. The van der Waals surface area contributed by atoms with Crippen LogP contribution in [0.4, 0.5) is 10.1 Å². The van der Waals surface area contributed by atoms with Crippen LogP contribution in [-0.4, -0.2) is 41.1 Å². The molecule has 0 radical (unpaired) electrons. The lowest BCUT2D eigenvalue weighted by Crippen LogP contribution is -2.56. The molecule has 0 aromatic heterocycles. The van der Waals surface area contributed by atoms with Gasteiger partial charge in [0.15, 0.2) is 0 Å². The number of fused-ring (bicyclic) bond motifs is 1. The van der Waals surface area contributed by atoms with Crippen LogP contribution in [0.25, 0.3) is 0 Å². The number of rotatable bonds is 5. The van der Waals surface area contributed by atoms with Crippen LogP contribution in [0.5, 0.6) is 0 Å². The molecular weight excluding hydrogens is 391 g/mol. The highest BCUT2D eigenvalue weighted by Gasteiger charge is 2.50. The number of hydrogen-bond donors (Lipinski definition) is 1. The van der Waals surface area contributed by atoms with Gasteiger partial charge in [-0.25, -0.2) is 4.39 Å². The van der Waals surface area contributed by atoms with Gasteiger partial charge in [-0.2, -0.15) is 0 Å². The molecular formula is C26H33FN2O2. The molecule has 1 aliphatic heterocycles. The number of nitrogens with zero attached hydrogens (tertiary/aromatic N) is 2. The molecule has 5 heteroatoms. The summed E-state index contributed by atoms with van der Waals surface area (Å²) in [5, 5.41) is 11.4. The first-order chi connectivity index (χ1) is 15.0. The van der Waals surface area contributed by atoms with Crippen molar-refractivity contribution in [2.45, 2.75) is 57.6 Å². The largest absolute Gasteiger partial charge is 0.389 e. The SMILES string of the molecule is CCN(CC)c1ccc([C@H]2[C@H]3CCCC[C@@]3(O)CCN2C(=O)c2cccc(F)c2)cc1. The lowest BCUT2D eigenvalue weighted by molar-refractivity contribution is -0.115. The highest BCUT2D eigenvalue weighted by Crippen LogP contribution is 2.49. The Morgan fingerprint density at radius 1 is 1.13 bits per heavy atom. The van der Waals surface area contributed by atoms with Gasteiger partial charge in [-0.15, -0.1) is 0 Å². The smallest absolute Gasteiger partial charge is 0.254 e. The minimum atomic E-state index is -0.737. The summed E-state index contributed by atoms with van der Waals surface area (Å²) >= 11 is 0. The van der Waals surface area contributed by atoms with E-state index in [0.29, 0.717) is 18.5 Å². The summed E-state index contributed by atoms with van der Waals surface area (Å²) in [6.45, 7) is 6.63. The zero-order valence-corrected chi connectivity index (χ0v) is 18.6. The molecule has 2 aliphatic rings. The third-order valence-corrected chi connectivity index (χ3v) is 7.26. The molecule has 4 rings (SSSR count).